The van der Waals surface area contributed by atoms with Crippen LogP contribution in [0.4, 0.5) is 0 Å². The minimum Gasteiger partial charge on any atom is -0.396 e. The summed E-state index contributed by atoms with van der Waals surface area (Å²) in [6.07, 6.45) is 0.953. The highest BCUT2D eigenvalue weighted by molar-refractivity contribution is 5.89. The molecule has 9 nitrogen and oxygen atoms in total. The van der Waals surface area contributed by atoms with E-state index in [-0.39, 0.29) is 25.3 Å². The van der Waals surface area contributed by atoms with Crippen molar-refractivity contribution >= 4 is 28.5 Å². The van der Waals surface area contributed by atoms with Crippen molar-refractivity contribution in [3.63, 3.8) is 0 Å². The maximum Gasteiger partial charge on any atom is 0.243 e. The van der Waals surface area contributed by atoms with Gasteiger partial charge in [-0.2, -0.15) is 0 Å². The van der Waals surface area contributed by atoms with Crippen LogP contribution in [0.15, 0.2) is 47.8 Å². The predicted molar refractivity (Wildman–Crippen MR) is 135 cm³/mol. The highest BCUT2D eigenvalue weighted by Gasteiger charge is 2.23. The van der Waals surface area contributed by atoms with Gasteiger partial charge >= 0.3 is 0 Å². The van der Waals surface area contributed by atoms with E-state index in [0.29, 0.717) is 6.61 Å². The van der Waals surface area contributed by atoms with Gasteiger partial charge in [-0.25, -0.2) is 5.43 Å². The molecule has 2 rings (SSSR count). The van der Waals surface area contributed by atoms with Gasteiger partial charge in [0, 0.05) is 20.1 Å². The molecule has 0 spiro atoms. The summed E-state index contributed by atoms with van der Waals surface area (Å²) in [6.45, 7) is 8.57. The minimum absolute atomic E-state index is 0.183. The molecule has 1 unspecified atom stereocenters. The summed E-state index contributed by atoms with van der Waals surface area (Å²) in [7, 11) is 1.46. The first-order valence-electron chi connectivity index (χ1n) is 11.4. The van der Waals surface area contributed by atoms with E-state index in [0.717, 1.165) is 28.7 Å². The SMILES string of the molecule is CC(C)C.CCCO.CNC(=O)CNC(=O)C(CC(=O)NN=O)Cc1ccc2ccccc2c1. The second-order valence-electron chi connectivity index (χ2n) is 8.26. The molecule has 34 heavy (non-hydrogen) atoms. The number of fused-ring (bicyclic) bond motifs is 1. The van der Waals surface area contributed by atoms with Gasteiger partial charge in [0.15, 0.2) is 0 Å². The molecule has 2 aromatic carbocycles. The number of benzene rings is 2. The standard InChI is InChI=1S/C18H20N4O4.C4H10.C3H8O/c1-19-17(24)11-20-18(25)15(10-16(23)21-22-26)9-12-6-7-13-4-2-3-5-14(13)8-12;1-4(2)3;1-2-3-4/h2-8,15H,9-11H2,1H3,(H,19,24)(H,20,25)(H,21,23,26);4H,1-3H3;4H,2-3H2,1H3. The zero-order valence-corrected chi connectivity index (χ0v) is 20.8. The van der Waals surface area contributed by atoms with Crippen molar-refractivity contribution in [3.8, 4) is 0 Å². The number of carbonyl (C=O) groups excluding carboxylic acids is 3. The maximum absolute atomic E-state index is 12.4. The van der Waals surface area contributed by atoms with Gasteiger partial charge in [-0.3, -0.25) is 14.4 Å². The van der Waals surface area contributed by atoms with E-state index in [4.69, 9.17) is 5.11 Å². The highest BCUT2D eigenvalue weighted by atomic mass is 16.3. The maximum atomic E-state index is 12.4. The summed E-state index contributed by atoms with van der Waals surface area (Å²) in [6, 6.07) is 13.6. The number of carbonyl (C=O) groups is 3. The van der Waals surface area contributed by atoms with E-state index < -0.39 is 17.7 Å². The fourth-order valence-corrected chi connectivity index (χ4v) is 2.63. The van der Waals surface area contributed by atoms with Gasteiger partial charge in [0.25, 0.3) is 0 Å². The summed E-state index contributed by atoms with van der Waals surface area (Å²) in [4.78, 5) is 45.6. The highest BCUT2D eigenvalue weighted by Crippen LogP contribution is 2.19. The smallest absolute Gasteiger partial charge is 0.243 e. The van der Waals surface area contributed by atoms with Crippen LogP contribution in [-0.4, -0.2) is 43.0 Å². The number of nitrogens with zero attached hydrogens (tertiary/aromatic N) is 1. The van der Waals surface area contributed by atoms with Crippen molar-refractivity contribution < 1.29 is 19.5 Å². The number of hydrogen-bond donors (Lipinski definition) is 4. The van der Waals surface area contributed by atoms with Crippen LogP contribution in [0.5, 0.6) is 0 Å². The fourth-order valence-electron chi connectivity index (χ4n) is 2.63. The van der Waals surface area contributed by atoms with Gasteiger partial charge in [0.05, 0.1) is 17.7 Å². The average Bonchev–Trinajstić information content (AvgIpc) is 2.81. The monoisotopic (exact) mass is 474 g/mol. The van der Waals surface area contributed by atoms with Crippen LogP contribution < -0.4 is 16.1 Å². The molecule has 2 aromatic rings. The fraction of sp³-hybridized carbons (Fsp3) is 0.480. The Balaban J connectivity index is 0.00000118. The van der Waals surface area contributed by atoms with Crippen molar-refractivity contribution in [1.82, 2.24) is 16.1 Å². The lowest BCUT2D eigenvalue weighted by Crippen LogP contribution is -2.40. The van der Waals surface area contributed by atoms with Gasteiger partial charge in [0.2, 0.25) is 17.7 Å². The van der Waals surface area contributed by atoms with Crippen LogP contribution in [0.2, 0.25) is 0 Å². The number of nitroso groups, excluding NO2 is 1. The van der Waals surface area contributed by atoms with Gasteiger partial charge in [0.1, 0.15) is 0 Å². The second-order valence-corrected chi connectivity index (χ2v) is 8.26. The van der Waals surface area contributed by atoms with Crippen LogP contribution in [0.3, 0.4) is 0 Å². The molecule has 4 N–H and O–H groups in total. The molecular weight excluding hydrogens is 436 g/mol. The van der Waals surface area contributed by atoms with Crippen molar-refractivity contribution in [2.45, 2.75) is 47.0 Å². The van der Waals surface area contributed by atoms with Crippen LogP contribution in [0.1, 0.15) is 46.1 Å². The topological polar surface area (TPSA) is 137 Å². The largest absolute Gasteiger partial charge is 0.396 e. The molecule has 3 amide bonds. The zero-order valence-electron chi connectivity index (χ0n) is 20.8. The first-order valence-corrected chi connectivity index (χ1v) is 11.4. The number of nitrogens with one attached hydrogen (secondary N) is 3. The number of amides is 3. The van der Waals surface area contributed by atoms with Gasteiger partial charge in [-0.05, 0) is 35.1 Å². The lowest BCUT2D eigenvalue weighted by molar-refractivity contribution is -0.131. The van der Waals surface area contributed by atoms with E-state index >= 15 is 0 Å². The Labute approximate surface area is 201 Å². The molecule has 0 bridgehead atoms. The molecule has 0 heterocycles. The Bertz CT molecular complexity index is 897. The number of aliphatic hydroxyl groups is 1. The number of hydrogen-bond acceptors (Lipinski definition) is 6. The van der Waals surface area contributed by atoms with E-state index in [1.807, 2.05) is 49.4 Å². The molecule has 0 fully saturated rings. The number of rotatable bonds is 9. The normalized spacial score (nSPS) is 10.7. The summed E-state index contributed by atoms with van der Waals surface area (Å²) >= 11 is 0. The molecule has 0 saturated heterocycles. The van der Waals surface area contributed by atoms with Crippen LogP contribution in [0.25, 0.3) is 10.8 Å². The Kier molecular flexibility index (Phi) is 16.4. The zero-order chi connectivity index (χ0) is 25.9. The second kappa shape index (κ2) is 18.1. The Hall–Kier alpha value is -3.33. The van der Waals surface area contributed by atoms with Crippen molar-refractivity contribution in [2.24, 2.45) is 17.1 Å². The van der Waals surface area contributed by atoms with Gasteiger partial charge < -0.3 is 15.7 Å². The molecule has 0 aliphatic rings. The van der Waals surface area contributed by atoms with Crippen LogP contribution in [-0.2, 0) is 20.8 Å². The van der Waals surface area contributed by atoms with E-state index in [2.05, 4.69) is 36.7 Å². The van der Waals surface area contributed by atoms with E-state index in [9.17, 15) is 19.3 Å². The molecular formula is C25H38N4O5. The summed E-state index contributed by atoms with van der Waals surface area (Å²) < 4.78 is 0. The number of likely N-dealkylation sites (N-methyl/N-ethyl adjacent to an activating group) is 1. The van der Waals surface area contributed by atoms with Crippen LogP contribution >= 0.6 is 0 Å². The molecule has 188 valence electrons. The summed E-state index contributed by atoms with van der Waals surface area (Å²) in [5.74, 6) is -1.34. The lowest BCUT2D eigenvalue weighted by Gasteiger charge is -2.16. The molecule has 0 aliphatic heterocycles. The molecule has 0 saturated carbocycles. The van der Waals surface area contributed by atoms with Crippen molar-refractivity contribution in [1.29, 1.82) is 0 Å². The Morgan fingerprint density at radius 2 is 1.59 bits per heavy atom. The van der Waals surface area contributed by atoms with Crippen molar-refractivity contribution in [3.05, 3.63) is 52.9 Å². The summed E-state index contributed by atoms with van der Waals surface area (Å²) in [5, 5.41) is 17.2. The molecule has 9 heteroatoms. The minimum atomic E-state index is -0.734. The van der Waals surface area contributed by atoms with Gasteiger partial charge in [-0.1, -0.05) is 70.2 Å². The predicted octanol–water partition coefficient (Wildman–Crippen LogP) is 3.10. The molecule has 0 aromatic heterocycles. The van der Waals surface area contributed by atoms with Crippen LogP contribution in [0, 0.1) is 16.7 Å². The first kappa shape index (κ1) is 30.7. The average molecular weight is 475 g/mol. The molecule has 0 aliphatic carbocycles. The Morgan fingerprint density at radius 3 is 2.12 bits per heavy atom. The molecule has 0 radical (unpaired) electrons. The quantitative estimate of drug-likeness (QED) is 0.327. The summed E-state index contributed by atoms with van der Waals surface area (Å²) in [5.41, 5.74) is 2.66. The third-order valence-electron chi connectivity index (χ3n) is 4.19. The third-order valence-corrected chi connectivity index (χ3v) is 4.19. The number of aliphatic hydroxyl groups excluding tert-OH is 1. The molecule has 1 atom stereocenters. The van der Waals surface area contributed by atoms with E-state index in [1.165, 1.54) is 7.05 Å². The van der Waals surface area contributed by atoms with Gasteiger partial charge in [-0.15, -0.1) is 4.91 Å². The van der Waals surface area contributed by atoms with E-state index in [1.54, 1.807) is 5.43 Å². The van der Waals surface area contributed by atoms with Crippen molar-refractivity contribution in [2.75, 3.05) is 20.2 Å². The Morgan fingerprint density at radius 1 is 1.00 bits per heavy atom. The lowest BCUT2D eigenvalue weighted by atomic mass is 9.93. The third kappa shape index (κ3) is 13.9. The first-order chi connectivity index (χ1) is 16.2.